The van der Waals surface area contributed by atoms with E-state index in [4.69, 9.17) is 27.9 Å². The molecule has 10 heteroatoms. The molecule has 2 heterocycles. The number of imide groups is 1. The topological polar surface area (TPSA) is 81.0 Å². The van der Waals surface area contributed by atoms with Crippen LogP contribution in [0.1, 0.15) is 19.8 Å². The number of nitrogens with zero attached hydrogens (tertiary/aromatic N) is 3. The first kappa shape index (κ1) is 20.0. The molecule has 0 spiro atoms. The average molecular weight is 430 g/mol. The fourth-order valence-electron chi connectivity index (χ4n) is 2.77. The van der Waals surface area contributed by atoms with E-state index in [1.165, 1.54) is 11.3 Å². The number of hydrogen-bond acceptors (Lipinski definition) is 5. The number of likely N-dealkylation sites (tertiary alicyclic amines) is 1. The van der Waals surface area contributed by atoms with Crippen LogP contribution in [0.15, 0.2) is 17.1 Å². The van der Waals surface area contributed by atoms with E-state index in [9.17, 15) is 14.4 Å². The van der Waals surface area contributed by atoms with Crippen molar-refractivity contribution >= 4 is 62.5 Å². The maximum Gasteiger partial charge on any atom is 0.268 e. The first-order chi connectivity index (χ1) is 12.9. The van der Waals surface area contributed by atoms with Gasteiger partial charge in [0.05, 0.1) is 26.9 Å². The van der Waals surface area contributed by atoms with Gasteiger partial charge in [0.15, 0.2) is 4.80 Å². The van der Waals surface area contributed by atoms with Crippen LogP contribution in [-0.2, 0) is 25.7 Å². The van der Waals surface area contributed by atoms with Gasteiger partial charge in [-0.05, 0) is 19.1 Å². The van der Waals surface area contributed by atoms with E-state index >= 15 is 0 Å². The molecule has 0 bridgehead atoms. The molecule has 0 atom stereocenters. The highest BCUT2D eigenvalue weighted by Crippen LogP contribution is 2.32. The Balaban J connectivity index is 1.98. The number of benzene rings is 1. The fourth-order valence-corrected chi connectivity index (χ4v) is 4.33. The average Bonchev–Trinajstić information content (AvgIpc) is 3.13. The smallest absolute Gasteiger partial charge is 0.268 e. The van der Waals surface area contributed by atoms with E-state index in [0.29, 0.717) is 40.1 Å². The Bertz CT molecular complexity index is 966. The molecule has 7 nitrogen and oxygen atoms in total. The van der Waals surface area contributed by atoms with Crippen LogP contribution < -0.4 is 4.80 Å². The predicted molar refractivity (Wildman–Crippen MR) is 103 cm³/mol. The number of fused-ring (bicyclic) bond motifs is 1. The van der Waals surface area contributed by atoms with Gasteiger partial charge < -0.3 is 9.30 Å². The summed E-state index contributed by atoms with van der Waals surface area (Å²) in [5.74, 6) is -1.27. The normalized spacial score (nSPS) is 15.4. The van der Waals surface area contributed by atoms with Crippen LogP contribution in [0.5, 0.6) is 0 Å². The van der Waals surface area contributed by atoms with Gasteiger partial charge in [-0.1, -0.05) is 34.5 Å². The van der Waals surface area contributed by atoms with Crippen molar-refractivity contribution in [2.75, 3.05) is 19.8 Å². The van der Waals surface area contributed by atoms with Crippen LogP contribution in [0.25, 0.3) is 10.2 Å². The minimum atomic E-state index is -0.572. The molecule has 2 aromatic rings. The van der Waals surface area contributed by atoms with Crippen molar-refractivity contribution in [1.29, 1.82) is 0 Å². The zero-order valence-electron chi connectivity index (χ0n) is 14.5. The maximum absolute atomic E-state index is 12.4. The van der Waals surface area contributed by atoms with E-state index in [1.807, 2.05) is 13.0 Å². The quantitative estimate of drug-likeness (QED) is 0.521. The van der Waals surface area contributed by atoms with Crippen molar-refractivity contribution in [3.8, 4) is 0 Å². The molecule has 1 fully saturated rings. The van der Waals surface area contributed by atoms with Crippen LogP contribution in [0.2, 0.25) is 10.0 Å². The van der Waals surface area contributed by atoms with Crippen molar-refractivity contribution in [3.05, 3.63) is 27.0 Å². The van der Waals surface area contributed by atoms with Crippen LogP contribution in [0.3, 0.4) is 0 Å². The summed E-state index contributed by atoms with van der Waals surface area (Å²) in [6.07, 6.45) is 0.273. The monoisotopic (exact) mass is 429 g/mol. The second-order valence-corrected chi connectivity index (χ2v) is 7.61. The number of rotatable bonds is 6. The molecule has 1 aliphatic heterocycles. The van der Waals surface area contributed by atoms with Gasteiger partial charge in [-0.25, -0.2) is 0 Å². The number of ether oxygens (including phenoxy) is 1. The first-order valence-electron chi connectivity index (χ1n) is 8.38. The maximum atomic E-state index is 12.4. The minimum absolute atomic E-state index is 0.136. The minimum Gasteiger partial charge on any atom is -0.380 e. The van der Waals surface area contributed by atoms with Gasteiger partial charge >= 0.3 is 0 Å². The molecule has 3 rings (SSSR count). The lowest BCUT2D eigenvalue weighted by molar-refractivity contribution is -0.141. The standard InChI is InChI=1S/C17H17Cl2N3O4S/c1-2-26-8-7-21-16-11(4-3-10(18)15(16)19)27-17(21)20-12(23)9-22-13(24)5-6-14(22)25/h3-4H,2,5-9H2,1H3. The summed E-state index contributed by atoms with van der Waals surface area (Å²) in [6, 6.07) is 3.49. The zero-order chi connectivity index (χ0) is 19.6. The molecular weight excluding hydrogens is 413 g/mol. The zero-order valence-corrected chi connectivity index (χ0v) is 16.9. The van der Waals surface area contributed by atoms with Crippen LogP contribution >= 0.6 is 34.5 Å². The number of halogens is 2. The molecule has 0 aliphatic carbocycles. The molecule has 0 radical (unpaired) electrons. The van der Waals surface area contributed by atoms with E-state index in [1.54, 1.807) is 10.6 Å². The van der Waals surface area contributed by atoms with Crippen LogP contribution in [0, 0.1) is 0 Å². The Kier molecular flexibility index (Phi) is 6.31. The number of amides is 3. The highest BCUT2D eigenvalue weighted by molar-refractivity contribution is 7.16. The molecule has 3 amide bonds. The van der Waals surface area contributed by atoms with Crippen molar-refractivity contribution in [1.82, 2.24) is 9.47 Å². The number of hydrogen-bond donors (Lipinski definition) is 0. The van der Waals surface area contributed by atoms with Crippen molar-refractivity contribution in [3.63, 3.8) is 0 Å². The third kappa shape index (κ3) is 4.24. The molecule has 0 N–H and O–H groups in total. The number of carbonyl (C=O) groups is 3. The van der Waals surface area contributed by atoms with Crippen molar-refractivity contribution in [2.45, 2.75) is 26.3 Å². The summed E-state index contributed by atoms with van der Waals surface area (Å²) >= 11 is 13.8. The summed E-state index contributed by atoms with van der Waals surface area (Å²) in [5, 5.41) is 0.777. The third-order valence-electron chi connectivity index (χ3n) is 4.07. The fraction of sp³-hybridized carbons (Fsp3) is 0.412. The van der Waals surface area contributed by atoms with Gasteiger partial charge in [-0.15, -0.1) is 0 Å². The van der Waals surface area contributed by atoms with Crippen LogP contribution in [0.4, 0.5) is 0 Å². The highest BCUT2D eigenvalue weighted by atomic mass is 35.5. The summed E-state index contributed by atoms with van der Waals surface area (Å²) in [6.45, 7) is 2.93. The molecule has 1 aromatic heterocycles. The van der Waals surface area contributed by atoms with E-state index < -0.39 is 5.91 Å². The summed E-state index contributed by atoms with van der Waals surface area (Å²) in [4.78, 5) is 41.2. The molecule has 1 saturated heterocycles. The highest BCUT2D eigenvalue weighted by Gasteiger charge is 2.30. The molecule has 0 saturated carbocycles. The predicted octanol–water partition coefficient (Wildman–Crippen LogP) is 2.62. The van der Waals surface area contributed by atoms with E-state index in [2.05, 4.69) is 4.99 Å². The first-order valence-corrected chi connectivity index (χ1v) is 9.95. The Hall–Kier alpha value is -1.74. The lowest BCUT2D eigenvalue weighted by Crippen LogP contribution is -2.34. The number of thiazole rings is 1. The van der Waals surface area contributed by atoms with Crippen molar-refractivity contribution in [2.24, 2.45) is 4.99 Å². The molecule has 27 heavy (non-hydrogen) atoms. The van der Waals surface area contributed by atoms with E-state index in [-0.39, 0.29) is 31.2 Å². The van der Waals surface area contributed by atoms with Crippen LogP contribution in [-0.4, -0.2) is 46.9 Å². The molecular formula is C17H17Cl2N3O4S. The SMILES string of the molecule is CCOCCn1c(=NC(=O)CN2C(=O)CCC2=O)sc2ccc(Cl)c(Cl)c21. The summed E-state index contributed by atoms with van der Waals surface area (Å²) in [7, 11) is 0. The third-order valence-corrected chi connectivity index (χ3v) is 5.90. The lowest BCUT2D eigenvalue weighted by atomic mass is 10.3. The summed E-state index contributed by atoms with van der Waals surface area (Å²) < 4.78 is 8.00. The Morgan fingerprint density at radius 3 is 2.63 bits per heavy atom. The Morgan fingerprint density at radius 1 is 1.26 bits per heavy atom. The molecule has 1 aliphatic rings. The van der Waals surface area contributed by atoms with E-state index in [0.717, 1.165) is 9.60 Å². The molecule has 144 valence electrons. The second-order valence-electron chi connectivity index (χ2n) is 5.82. The Labute approximate surface area is 169 Å². The molecule has 1 aromatic carbocycles. The lowest BCUT2D eigenvalue weighted by Gasteiger charge is -2.10. The van der Waals surface area contributed by atoms with Gasteiger partial charge in [0.2, 0.25) is 11.8 Å². The van der Waals surface area contributed by atoms with Gasteiger partial charge in [-0.3, -0.25) is 19.3 Å². The second kappa shape index (κ2) is 8.52. The molecule has 0 unspecified atom stereocenters. The number of carbonyl (C=O) groups excluding carboxylic acids is 3. The van der Waals surface area contributed by atoms with Gasteiger partial charge in [-0.2, -0.15) is 4.99 Å². The van der Waals surface area contributed by atoms with Gasteiger partial charge in [0, 0.05) is 26.0 Å². The Morgan fingerprint density at radius 2 is 1.96 bits per heavy atom. The van der Waals surface area contributed by atoms with Gasteiger partial charge in [0.25, 0.3) is 5.91 Å². The number of aromatic nitrogens is 1. The van der Waals surface area contributed by atoms with Crippen molar-refractivity contribution < 1.29 is 19.1 Å². The van der Waals surface area contributed by atoms with Gasteiger partial charge in [0.1, 0.15) is 6.54 Å². The largest absolute Gasteiger partial charge is 0.380 e. The summed E-state index contributed by atoms with van der Waals surface area (Å²) in [5.41, 5.74) is 0.675.